The number of carbonyl (C=O) groups excluding carboxylic acids is 1. The Kier molecular flexibility index (Phi) is 5.35. The maximum absolute atomic E-state index is 13.0. The Morgan fingerprint density at radius 2 is 2.10 bits per heavy atom. The second-order valence-corrected chi connectivity index (χ2v) is 8.14. The molecule has 0 saturated carbocycles. The number of benzene rings is 1. The normalized spacial score (nSPS) is 20.5. The summed E-state index contributed by atoms with van der Waals surface area (Å²) in [6.07, 6.45) is 5.02. The molecule has 2 fully saturated rings. The summed E-state index contributed by atoms with van der Waals surface area (Å²) in [6.45, 7) is 5.68. The van der Waals surface area contributed by atoms with Crippen molar-refractivity contribution in [1.29, 1.82) is 0 Å². The smallest absolute Gasteiger partial charge is 0.298 e. The average Bonchev–Trinajstić information content (AvgIpc) is 3.34. The van der Waals surface area contributed by atoms with Gasteiger partial charge >= 0.3 is 0 Å². The number of hydrogen-bond donors (Lipinski definition) is 1. The van der Waals surface area contributed by atoms with Crippen LogP contribution in [0.1, 0.15) is 29.8 Å². The van der Waals surface area contributed by atoms with E-state index in [9.17, 15) is 4.79 Å². The Balaban J connectivity index is 1.21. The van der Waals surface area contributed by atoms with Crippen molar-refractivity contribution in [2.45, 2.75) is 25.8 Å². The first-order valence-electron chi connectivity index (χ1n) is 10.8. The predicted octanol–water partition coefficient (Wildman–Crippen LogP) is 1.77. The molecule has 1 unspecified atom stereocenters. The highest BCUT2D eigenvalue weighted by Gasteiger charge is 2.25. The molecule has 2 aliphatic heterocycles. The van der Waals surface area contributed by atoms with Gasteiger partial charge in [-0.3, -0.25) is 9.48 Å². The van der Waals surface area contributed by atoms with Crippen LogP contribution in [0.3, 0.4) is 0 Å². The number of nitrogens with one attached hydrogen (secondary N) is 1. The van der Waals surface area contributed by atoms with E-state index in [0.29, 0.717) is 37.3 Å². The van der Waals surface area contributed by atoms with Crippen LogP contribution in [0.4, 0.5) is 6.01 Å². The van der Waals surface area contributed by atoms with E-state index in [0.717, 1.165) is 43.7 Å². The van der Waals surface area contributed by atoms with Crippen LogP contribution in [0.5, 0.6) is 0 Å². The van der Waals surface area contributed by atoms with Gasteiger partial charge < -0.3 is 19.5 Å². The molecule has 158 valence electrons. The number of rotatable bonds is 4. The largest absolute Gasteiger partial charge is 0.423 e. The van der Waals surface area contributed by atoms with Gasteiger partial charge in [0, 0.05) is 32.7 Å². The Hall–Kier alpha value is -2.94. The number of aromatic nitrogens is 4. The van der Waals surface area contributed by atoms with Crippen molar-refractivity contribution < 1.29 is 9.21 Å². The molecule has 1 amide bonds. The molecule has 2 aliphatic rings. The molecule has 1 N–H and O–H groups in total. The molecule has 30 heavy (non-hydrogen) atoms. The van der Waals surface area contributed by atoms with E-state index in [-0.39, 0.29) is 5.91 Å². The van der Waals surface area contributed by atoms with Crippen LogP contribution in [0, 0.1) is 5.92 Å². The monoisotopic (exact) mass is 409 g/mol. The molecule has 0 aliphatic carbocycles. The van der Waals surface area contributed by atoms with Crippen molar-refractivity contribution >= 4 is 23.0 Å². The zero-order chi connectivity index (χ0) is 20.3. The lowest BCUT2D eigenvalue weighted by Gasteiger charge is -2.22. The van der Waals surface area contributed by atoms with Gasteiger partial charge in [0.05, 0.1) is 6.20 Å². The summed E-state index contributed by atoms with van der Waals surface area (Å²) < 4.78 is 7.71. The zero-order valence-corrected chi connectivity index (χ0v) is 17.0. The van der Waals surface area contributed by atoms with Crippen LogP contribution >= 0.6 is 0 Å². The van der Waals surface area contributed by atoms with Crippen LogP contribution in [0.15, 0.2) is 34.9 Å². The van der Waals surface area contributed by atoms with E-state index in [4.69, 9.17) is 4.42 Å². The Bertz CT molecular complexity index is 975. The number of piperidine rings is 1. The third-order valence-corrected chi connectivity index (χ3v) is 5.94. The molecule has 0 spiro atoms. The van der Waals surface area contributed by atoms with Crippen molar-refractivity contribution in [3.05, 3.63) is 36.2 Å². The van der Waals surface area contributed by atoms with Gasteiger partial charge in [0.2, 0.25) is 0 Å². The SMILES string of the molecule is O=C(c1cn(CC2CCCNC2)nn1)N1CCCN(c2nc3ccccc3o2)CC1. The standard InChI is InChI=1S/C21H27N7O2/c29-20(18-15-28(25-24-18)14-16-5-3-8-22-13-16)26-9-4-10-27(12-11-26)21-23-17-6-1-2-7-19(17)30-21/h1-2,6-7,15-16,22H,3-5,8-14H2. The summed E-state index contributed by atoms with van der Waals surface area (Å²) in [4.78, 5) is 21.5. The van der Waals surface area contributed by atoms with E-state index in [1.807, 2.05) is 33.8 Å². The number of hydrogen-bond acceptors (Lipinski definition) is 7. The van der Waals surface area contributed by atoms with Gasteiger partial charge in [-0.2, -0.15) is 4.98 Å². The number of nitrogens with zero attached hydrogens (tertiary/aromatic N) is 6. The van der Waals surface area contributed by atoms with Crippen molar-refractivity contribution in [3.63, 3.8) is 0 Å². The quantitative estimate of drug-likeness (QED) is 0.702. The Morgan fingerprint density at radius 3 is 2.97 bits per heavy atom. The summed E-state index contributed by atoms with van der Waals surface area (Å²) in [5.41, 5.74) is 2.07. The molecule has 2 saturated heterocycles. The van der Waals surface area contributed by atoms with Crippen LogP contribution in [-0.4, -0.2) is 70.1 Å². The van der Waals surface area contributed by atoms with E-state index in [1.54, 1.807) is 6.20 Å². The predicted molar refractivity (Wildman–Crippen MR) is 112 cm³/mol. The summed E-state index contributed by atoms with van der Waals surface area (Å²) in [5, 5.41) is 11.8. The number of carbonyl (C=O) groups is 1. The Labute approximate surface area is 175 Å². The lowest BCUT2D eigenvalue weighted by atomic mass is 10.00. The number of para-hydroxylation sites is 2. The fourth-order valence-electron chi connectivity index (χ4n) is 4.30. The molecule has 1 aromatic carbocycles. The lowest BCUT2D eigenvalue weighted by molar-refractivity contribution is 0.0761. The minimum absolute atomic E-state index is 0.0533. The van der Waals surface area contributed by atoms with Crippen LogP contribution in [-0.2, 0) is 6.54 Å². The number of oxazole rings is 1. The first-order valence-corrected chi connectivity index (χ1v) is 10.8. The van der Waals surface area contributed by atoms with Crippen molar-refractivity contribution in [1.82, 2.24) is 30.2 Å². The maximum atomic E-state index is 13.0. The third kappa shape index (κ3) is 4.02. The second-order valence-electron chi connectivity index (χ2n) is 8.14. The highest BCUT2D eigenvalue weighted by molar-refractivity contribution is 5.92. The van der Waals surface area contributed by atoms with Gasteiger partial charge in [0.25, 0.3) is 11.9 Å². The summed E-state index contributed by atoms with van der Waals surface area (Å²) in [6, 6.07) is 8.39. The maximum Gasteiger partial charge on any atom is 0.298 e. The highest BCUT2D eigenvalue weighted by Crippen LogP contribution is 2.23. The van der Waals surface area contributed by atoms with Crippen molar-refractivity contribution in [2.24, 2.45) is 5.92 Å². The van der Waals surface area contributed by atoms with Crippen molar-refractivity contribution in [2.75, 3.05) is 44.2 Å². The van der Waals surface area contributed by atoms with Gasteiger partial charge in [0.15, 0.2) is 11.3 Å². The third-order valence-electron chi connectivity index (χ3n) is 5.94. The molecule has 0 radical (unpaired) electrons. The molecular formula is C21H27N7O2. The van der Waals surface area contributed by atoms with E-state index in [1.165, 1.54) is 12.8 Å². The molecule has 9 heteroatoms. The van der Waals surface area contributed by atoms with Crippen LogP contribution in [0.25, 0.3) is 11.1 Å². The molecule has 2 aromatic heterocycles. The number of fused-ring (bicyclic) bond motifs is 1. The van der Waals surface area contributed by atoms with E-state index in [2.05, 4.69) is 25.5 Å². The summed E-state index contributed by atoms with van der Waals surface area (Å²) in [5.74, 6) is 0.494. The molecule has 0 bridgehead atoms. The molecule has 3 aromatic rings. The fourth-order valence-corrected chi connectivity index (χ4v) is 4.30. The van der Waals surface area contributed by atoms with Crippen molar-refractivity contribution in [3.8, 4) is 0 Å². The average molecular weight is 409 g/mol. The van der Waals surface area contributed by atoms with Crippen LogP contribution in [0.2, 0.25) is 0 Å². The summed E-state index contributed by atoms with van der Waals surface area (Å²) in [7, 11) is 0. The number of amides is 1. The molecule has 1 atom stereocenters. The minimum atomic E-state index is -0.0533. The van der Waals surface area contributed by atoms with Gasteiger partial charge in [-0.15, -0.1) is 5.10 Å². The van der Waals surface area contributed by atoms with E-state index >= 15 is 0 Å². The zero-order valence-electron chi connectivity index (χ0n) is 17.0. The lowest BCUT2D eigenvalue weighted by Crippen LogP contribution is -2.35. The first kappa shape index (κ1) is 19.0. The molecule has 5 rings (SSSR count). The Morgan fingerprint density at radius 1 is 1.17 bits per heavy atom. The number of anilines is 1. The summed E-state index contributed by atoms with van der Waals surface area (Å²) >= 11 is 0. The van der Waals surface area contributed by atoms with Gasteiger partial charge in [0.1, 0.15) is 5.52 Å². The molecule has 4 heterocycles. The highest BCUT2D eigenvalue weighted by atomic mass is 16.4. The van der Waals surface area contributed by atoms with E-state index < -0.39 is 0 Å². The minimum Gasteiger partial charge on any atom is -0.423 e. The van der Waals surface area contributed by atoms with Gasteiger partial charge in [-0.05, 0) is 50.4 Å². The molecule has 9 nitrogen and oxygen atoms in total. The van der Waals surface area contributed by atoms with Gasteiger partial charge in [-0.1, -0.05) is 17.3 Å². The topological polar surface area (TPSA) is 92.3 Å². The fraction of sp³-hybridized carbons (Fsp3) is 0.524. The second kappa shape index (κ2) is 8.43. The first-order chi connectivity index (χ1) is 14.8. The molecular weight excluding hydrogens is 382 g/mol. The van der Waals surface area contributed by atoms with Gasteiger partial charge in [-0.25, -0.2) is 0 Å². The van der Waals surface area contributed by atoms with Crippen LogP contribution < -0.4 is 10.2 Å².